The van der Waals surface area contributed by atoms with Crippen molar-refractivity contribution >= 4 is 34.5 Å². The van der Waals surface area contributed by atoms with E-state index in [-0.39, 0.29) is 29.4 Å². The van der Waals surface area contributed by atoms with E-state index in [0.29, 0.717) is 5.69 Å². The van der Waals surface area contributed by atoms with Gasteiger partial charge in [0.15, 0.2) is 0 Å². The average Bonchev–Trinajstić information content (AvgIpc) is 3.01. The molecule has 9 nitrogen and oxygen atoms in total. The molecule has 11 heteroatoms. The van der Waals surface area contributed by atoms with E-state index < -0.39 is 44.0 Å². The number of rotatable bonds is 5. The van der Waals surface area contributed by atoms with Crippen molar-refractivity contribution in [2.45, 2.75) is 35.8 Å². The molecule has 1 saturated heterocycles. The minimum atomic E-state index is -1.54. The highest BCUT2D eigenvalue weighted by atomic mass is 32.2. The summed E-state index contributed by atoms with van der Waals surface area (Å²) in [6, 6.07) is 4.04. The zero-order chi connectivity index (χ0) is 23.3. The zero-order valence-corrected chi connectivity index (χ0v) is 18.5. The van der Waals surface area contributed by atoms with Crippen LogP contribution in [0.2, 0.25) is 0 Å². The SMILES string of the molecule is COc1cnc(C(=O)Nc2ccc(F)c([C@@]3(C)N=C(N)[C@@]4(C)[C@H](C=O)C[C@@H]3S4=O)c2)cn1. The molecule has 4 rings (SSSR count). The fourth-order valence-electron chi connectivity index (χ4n) is 4.30. The second-order valence-corrected chi connectivity index (χ2v) is 10.1. The third-order valence-corrected chi connectivity index (χ3v) is 8.86. The maximum Gasteiger partial charge on any atom is 0.275 e. The number of carbonyl (C=O) groups is 2. The Kier molecular flexibility index (Phi) is 5.32. The molecule has 0 saturated carbocycles. The summed E-state index contributed by atoms with van der Waals surface area (Å²) in [4.78, 5) is 36.6. The van der Waals surface area contributed by atoms with Crippen molar-refractivity contribution in [3.63, 3.8) is 0 Å². The highest BCUT2D eigenvalue weighted by molar-refractivity contribution is 7.88. The van der Waals surface area contributed by atoms with Crippen molar-refractivity contribution in [3.8, 4) is 5.88 Å². The Bertz CT molecular complexity index is 1160. The molecule has 168 valence electrons. The maximum atomic E-state index is 15.0. The van der Waals surface area contributed by atoms with Crippen molar-refractivity contribution in [2.75, 3.05) is 12.4 Å². The van der Waals surface area contributed by atoms with Gasteiger partial charge in [0.25, 0.3) is 5.91 Å². The number of aldehydes is 1. The maximum absolute atomic E-state index is 15.0. The Morgan fingerprint density at radius 2 is 2.09 bits per heavy atom. The number of carbonyl (C=O) groups excluding carboxylic acids is 2. The summed E-state index contributed by atoms with van der Waals surface area (Å²) in [5.74, 6) is -1.38. The number of amides is 1. The molecule has 2 aliphatic heterocycles. The van der Waals surface area contributed by atoms with E-state index in [1.807, 2.05) is 0 Å². The van der Waals surface area contributed by atoms with Crippen molar-refractivity contribution in [1.29, 1.82) is 0 Å². The first-order chi connectivity index (χ1) is 15.1. The minimum Gasteiger partial charge on any atom is -0.480 e. The Morgan fingerprint density at radius 3 is 2.72 bits per heavy atom. The summed E-state index contributed by atoms with van der Waals surface area (Å²) in [5.41, 5.74) is 5.37. The molecule has 2 aromatic rings. The van der Waals surface area contributed by atoms with Crippen molar-refractivity contribution < 1.29 is 22.9 Å². The molecule has 1 amide bonds. The number of nitrogens with two attached hydrogens (primary N) is 1. The lowest BCUT2D eigenvalue weighted by Crippen LogP contribution is -2.55. The van der Waals surface area contributed by atoms with Crippen LogP contribution in [-0.2, 0) is 21.1 Å². The number of amidine groups is 1. The van der Waals surface area contributed by atoms with Crippen LogP contribution < -0.4 is 15.8 Å². The average molecular weight is 460 g/mol. The lowest BCUT2D eigenvalue weighted by molar-refractivity contribution is -0.111. The monoisotopic (exact) mass is 459 g/mol. The molecule has 1 aromatic heterocycles. The van der Waals surface area contributed by atoms with Crippen LogP contribution in [-0.4, -0.2) is 49.3 Å². The number of aromatic nitrogens is 2. The number of ether oxygens (including phenoxy) is 1. The van der Waals surface area contributed by atoms with Crippen LogP contribution in [0.3, 0.4) is 0 Å². The van der Waals surface area contributed by atoms with Gasteiger partial charge >= 0.3 is 0 Å². The lowest BCUT2D eigenvalue weighted by atomic mass is 9.84. The fraction of sp³-hybridized carbons (Fsp3) is 0.381. The highest BCUT2D eigenvalue weighted by Gasteiger charge is 2.62. The first-order valence-corrected chi connectivity index (χ1v) is 11.1. The van der Waals surface area contributed by atoms with E-state index in [9.17, 15) is 18.2 Å². The second-order valence-electron chi connectivity index (χ2n) is 8.11. The van der Waals surface area contributed by atoms with Crippen LogP contribution in [0.1, 0.15) is 36.3 Å². The van der Waals surface area contributed by atoms with Gasteiger partial charge in [0, 0.05) is 28.0 Å². The first-order valence-electron chi connectivity index (χ1n) is 9.84. The molecule has 5 atom stereocenters. The van der Waals surface area contributed by atoms with E-state index in [1.54, 1.807) is 13.8 Å². The molecule has 1 unspecified atom stereocenters. The van der Waals surface area contributed by atoms with Crippen LogP contribution in [0.4, 0.5) is 10.1 Å². The van der Waals surface area contributed by atoms with Crippen LogP contribution in [0, 0.1) is 11.7 Å². The van der Waals surface area contributed by atoms with Gasteiger partial charge in [0.2, 0.25) is 5.88 Å². The molecule has 3 heterocycles. The number of halogens is 1. The zero-order valence-electron chi connectivity index (χ0n) is 17.7. The fourth-order valence-corrected chi connectivity index (χ4v) is 6.57. The van der Waals surface area contributed by atoms with Gasteiger partial charge in [-0.3, -0.25) is 14.0 Å². The molecule has 0 radical (unpaired) electrons. The number of aliphatic imine (C=N–C) groups is 1. The summed E-state index contributed by atoms with van der Waals surface area (Å²) in [5, 5.41) is 2.04. The summed E-state index contributed by atoms with van der Waals surface area (Å²) in [7, 11) is -0.111. The van der Waals surface area contributed by atoms with Crippen LogP contribution in [0.5, 0.6) is 5.88 Å². The predicted molar refractivity (Wildman–Crippen MR) is 116 cm³/mol. The van der Waals surface area contributed by atoms with Crippen molar-refractivity contribution in [2.24, 2.45) is 16.6 Å². The Balaban J connectivity index is 1.69. The molecule has 0 aliphatic carbocycles. The van der Waals surface area contributed by atoms with Gasteiger partial charge in [-0.1, -0.05) is 0 Å². The molecule has 32 heavy (non-hydrogen) atoms. The standard InChI is InChI=1S/C21H22FN5O4S/c1-20(16-6-11(10-28)21(2,32(16)30)19(23)27-20)13-7-12(4-5-14(13)22)26-18(29)15-8-25-17(31-3)9-24-15/h4-5,7-11,16H,6H2,1-3H3,(H2,23,27)(H,26,29)/t11-,16-,20+,21+,32?/m0/s1. The van der Waals surface area contributed by atoms with Crippen LogP contribution >= 0.6 is 0 Å². The van der Waals surface area contributed by atoms with Gasteiger partial charge in [0.1, 0.15) is 33.9 Å². The number of methoxy groups -OCH3 is 1. The Hall–Kier alpha value is -3.21. The van der Waals surface area contributed by atoms with Crippen molar-refractivity contribution in [3.05, 3.63) is 47.7 Å². The molecule has 2 bridgehead atoms. The summed E-state index contributed by atoms with van der Waals surface area (Å²) in [6.07, 6.45) is 3.58. The van der Waals surface area contributed by atoms with Crippen LogP contribution in [0.25, 0.3) is 0 Å². The largest absolute Gasteiger partial charge is 0.480 e. The van der Waals surface area contributed by atoms with E-state index in [4.69, 9.17) is 10.5 Å². The van der Waals surface area contributed by atoms with E-state index >= 15 is 0 Å². The summed E-state index contributed by atoms with van der Waals surface area (Å²) in [6.45, 7) is 3.30. The van der Waals surface area contributed by atoms with E-state index in [2.05, 4.69) is 20.3 Å². The second kappa shape index (κ2) is 7.73. The molecular weight excluding hydrogens is 437 g/mol. The Morgan fingerprint density at radius 1 is 1.34 bits per heavy atom. The molecule has 3 N–H and O–H groups in total. The third kappa shape index (κ3) is 3.19. The number of fused-ring (bicyclic) bond motifs is 2. The van der Waals surface area contributed by atoms with Crippen molar-refractivity contribution in [1.82, 2.24) is 9.97 Å². The number of nitrogens with one attached hydrogen (secondary N) is 1. The summed E-state index contributed by atoms with van der Waals surface area (Å²) >= 11 is 0. The number of hydrogen-bond acceptors (Lipinski definition) is 8. The first kappa shape index (κ1) is 22.0. The topological polar surface area (TPSA) is 137 Å². The van der Waals surface area contributed by atoms with Gasteiger partial charge in [-0.05, 0) is 38.5 Å². The van der Waals surface area contributed by atoms with Gasteiger partial charge in [-0.15, -0.1) is 0 Å². The van der Waals surface area contributed by atoms with Gasteiger partial charge in [-0.25, -0.2) is 14.4 Å². The molecule has 2 aliphatic rings. The predicted octanol–water partition coefficient (Wildman–Crippen LogP) is 1.56. The third-order valence-electron chi connectivity index (χ3n) is 6.34. The molecule has 0 spiro atoms. The number of nitrogens with zero attached hydrogens (tertiary/aromatic N) is 3. The summed E-state index contributed by atoms with van der Waals surface area (Å²) < 4.78 is 32.1. The Labute approximate surface area is 186 Å². The quantitative estimate of drug-likeness (QED) is 0.648. The van der Waals surface area contributed by atoms with Gasteiger partial charge < -0.3 is 20.6 Å². The minimum absolute atomic E-state index is 0.0457. The molecule has 1 aromatic carbocycles. The van der Waals surface area contributed by atoms with Crippen LogP contribution in [0.15, 0.2) is 35.6 Å². The molecule has 1 fully saturated rings. The van der Waals surface area contributed by atoms with Gasteiger partial charge in [0.05, 0.1) is 24.8 Å². The highest BCUT2D eigenvalue weighted by Crippen LogP contribution is 2.51. The van der Waals surface area contributed by atoms with E-state index in [1.165, 1.54) is 37.7 Å². The number of benzene rings is 1. The lowest BCUT2D eigenvalue weighted by Gasteiger charge is -2.39. The number of anilines is 1. The van der Waals surface area contributed by atoms with Gasteiger partial charge in [-0.2, -0.15) is 0 Å². The molecular formula is C21H22FN5O4S. The normalized spacial score (nSPS) is 31.0. The van der Waals surface area contributed by atoms with E-state index in [0.717, 1.165) is 6.29 Å². The number of hydrogen-bond donors (Lipinski definition) is 2. The smallest absolute Gasteiger partial charge is 0.275 e.